The molecule has 3 rings (SSSR count). The lowest BCUT2D eigenvalue weighted by Crippen LogP contribution is -2.41. The van der Waals surface area contributed by atoms with Gasteiger partial charge in [0.05, 0.1) is 13.0 Å². The highest BCUT2D eigenvalue weighted by atomic mass is 32.1. The number of benzene rings is 1. The molecule has 1 N–H and O–H groups in total. The van der Waals surface area contributed by atoms with E-state index in [1.165, 1.54) is 15.6 Å². The third-order valence-electron chi connectivity index (χ3n) is 4.14. The molecule has 20 heavy (non-hydrogen) atoms. The minimum atomic E-state index is -0.802. The molecule has 3 nitrogen and oxygen atoms in total. The first-order chi connectivity index (χ1) is 9.54. The second kappa shape index (κ2) is 4.86. The summed E-state index contributed by atoms with van der Waals surface area (Å²) < 4.78 is 7.24. The average Bonchev–Trinajstić information content (AvgIpc) is 2.78. The van der Waals surface area contributed by atoms with Crippen LogP contribution in [0.4, 0.5) is 0 Å². The Morgan fingerprint density at radius 3 is 2.90 bits per heavy atom. The zero-order chi connectivity index (χ0) is 14.3. The van der Waals surface area contributed by atoms with Crippen molar-refractivity contribution in [1.82, 2.24) is 0 Å². The van der Waals surface area contributed by atoms with Gasteiger partial charge in [0.1, 0.15) is 5.60 Å². The van der Waals surface area contributed by atoms with Gasteiger partial charge in [-0.15, -0.1) is 11.3 Å². The van der Waals surface area contributed by atoms with Crippen LogP contribution in [-0.2, 0) is 21.6 Å². The lowest BCUT2D eigenvalue weighted by molar-refractivity contribution is -0.152. The van der Waals surface area contributed by atoms with Crippen molar-refractivity contribution in [3.63, 3.8) is 0 Å². The highest BCUT2D eigenvalue weighted by Gasteiger charge is 2.44. The summed E-state index contributed by atoms with van der Waals surface area (Å²) in [5.41, 5.74) is 0.607. The summed E-state index contributed by atoms with van der Waals surface area (Å²) in [6.07, 6.45) is 0.901. The maximum absolute atomic E-state index is 11.3. The number of fused-ring (bicyclic) bond motifs is 3. The summed E-state index contributed by atoms with van der Waals surface area (Å²) in [5.74, 6) is -0.672. The molecule has 0 saturated carbocycles. The molecule has 1 unspecified atom stereocenters. The van der Waals surface area contributed by atoms with Gasteiger partial charge in [-0.05, 0) is 29.4 Å². The zero-order valence-electron chi connectivity index (χ0n) is 11.7. The number of hydrogen-bond acceptors (Lipinski definition) is 3. The number of rotatable bonds is 3. The van der Waals surface area contributed by atoms with Gasteiger partial charge in [0.2, 0.25) is 0 Å². The van der Waals surface area contributed by atoms with E-state index in [1.54, 1.807) is 11.3 Å². The van der Waals surface area contributed by atoms with Gasteiger partial charge in [-0.1, -0.05) is 32.0 Å². The molecule has 1 aliphatic heterocycles. The van der Waals surface area contributed by atoms with Gasteiger partial charge in [-0.3, -0.25) is 4.79 Å². The number of aliphatic carboxylic acids is 1. The SMILES string of the molecule is CC(C)C1(CC(=O)O)OCCc2c1sc1ccccc21. The molecule has 1 aromatic carbocycles. The zero-order valence-corrected chi connectivity index (χ0v) is 12.5. The number of carboxylic acids is 1. The quantitative estimate of drug-likeness (QED) is 0.935. The van der Waals surface area contributed by atoms with Crippen molar-refractivity contribution in [2.24, 2.45) is 5.92 Å². The van der Waals surface area contributed by atoms with Crippen molar-refractivity contribution in [2.45, 2.75) is 32.3 Å². The fourth-order valence-electron chi connectivity index (χ4n) is 3.08. The standard InChI is InChI=1S/C16H18O3S/c1-10(2)16(9-14(17)18)15-12(7-8-19-16)11-5-3-4-6-13(11)20-15/h3-6,10H,7-9H2,1-2H3,(H,17,18). The Kier molecular flexibility index (Phi) is 3.30. The molecular weight excluding hydrogens is 272 g/mol. The molecule has 2 heterocycles. The van der Waals surface area contributed by atoms with Crippen LogP contribution in [0, 0.1) is 5.92 Å². The lowest BCUT2D eigenvalue weighted by atomic mass is 9.81. The number of thiophene rings is 1. The van der Waals surface area contributed by atoms with E-state index in [0.29, 0.717) is 6.61 Å². The second-order valence-corrected chi connectivity index (χ2v) is 6.67. The molecule has 0 aliphatic carbocycles. The van der Waals surface area contributed by atoms with Crippen LogP contribution in [0.2, 0.25) is 0 Å². The largest absolute Gasteiger partial charge is 0.481 e. The summed E-state index contributed by atoms with van der Waals surface area (Å²) in [6.45, 7) is 4.68. The number of ether oxygens (including phenoxy) is 1. The fraction of sp³-hybridized carbons (Fsp3) is 0.438. The number of hydrogen-bond donors (Lipinski definition) is 1. The molecule has 4 heteroatoms. The topological polar surface area (TPSA) is 46.5 Å². The maximum atomic E-state index is 11.3. The van der Waals surface area contributed by atoms with Gasteiger partial charge >= 0.3 is 5.97 Å². The molecule has 0 spiro atoms. The van der Waals surface area contributed by atoms with Crippen LogP contribution in [0.25, 0.3) is 10.1 Å². The van der Waals surface area contributed by atoms with Gasteiger partial charge in [0.25, 0.3) is 0 Å². The molecular formula is C16H18O3S. The van der Waals surface area contributed by atoms with E-state index >= 15 is 0 Å². The molecule has 1 aromatic heterocycles. The van der Waals surface area contributed by atoms with Crippen LogP contribution >= 0.6 is 11.3 Å². The van der Waals surface area contributed by atoms with Gasteiger partial charge in [0.15, 0.2) is 0 Å². The van der Waals surface area contributed by atoms with Crippen LogP contribution < -0.4 is 0 Å². The molecule has 0 amide bonds. The van der Waals surface area contributed by atoms with E-state index in [-0.39, 0.29) is 12.3 Å². The highest BCUT2D eigenvalue weighted by molar-refractivity contribution is 7.19. The molecule has 2 aromatic rings. The smallest absolute Gasteiger partial charge is 0.306 e. The predicted octanol–water partition coefficient (Wildman–Crippen LogP) is 3.80. The summed E-state index contributed by atoms with van der Waals surface area (Å²) >= 11 is 1.69. The van der Waals surface area contributed by atoms with Crippen molar-refractivity contribution < 1.29 is 14.6 Å². The van der Waals surface area contributed by atoms with Gasteiger partial charge in [-0.25, -0.2) is 0 Å². The fourth-order valence-corrected chi connectivity index (χ4v) is 4.62. The van der Waals surface area contributed by atoms with E-state index in [4.69, 9.17) is 4.74 Å². The molecule has 0 fully saturated rings. The number of carbonyl (C=O) groups is 1. The van der Waals surface area contributed by atoms with Crippen LogP contribution in [0.1, 0.15) is 30.7 Å². The second-order valence-electron chi connectivity index (χ2n) is 5.62. The van der Waals surface area contributed by atoms with Gasteiger partial charge in [0, 0.05) is 9.58 Å². The first-order valence-electron chi connectivity index (χ1n) is 6.91. The Bertz CT molecular complexity index is 659. The lowest BCUT2D eigenvalue weighted by Gasteiger charge is -2.39. The minimum Gasteiger partial charge on any atom is -0.481 e. The average molecular weight is 290 g/mol. The van der Waals surface area contributed by atoms with E-state index in [2.05, 4.69) is 12.1 Å². The van der Waals surface area contributed by atoms with Crippen LogP contribution in [0.3, 0.4) is 0 Å². The summed E-state index contributed by atoms with van der Waals surface area (Å²) in [4.78, 5) is 12.4. The highest BCUT2D eigenvalue weighted by Crippen LogP contribution is 2.48. The molecule has 106 valence electrons. The summed E-state index contributed by atoms with van der Waals surface area (Å²) in [6, 6.07) is 8.30. The molecule has 1 atom stereocenters. The predicted molar refractivity (Wildman–Crippen MR) is 80.2 cm³/mol. The Morgan fingerprint density at radius 1 is 1.45 bits per heavy atom. The summed E-state index contributed by atoms with van der Waals surface area (Å²) in [7, 11) is 0. The third-order valence-corrected chi connectivity index (χ3v) is 5.51. The van der Waals surface area contributed by atoms with Crippen molar-refractivity contribution >= 4 is 27.4 Å². The normalized spacial score (nSPS) is 22.1. The summed E-state index contributed by atoms with van der Waals surface area (Å²) in [5, 5.41) is 10.6. The molecule has 0 saturated heterocycles. The van der Waals surface area contributed by atoms with E-state index in [1.807, 2.05) is 26.0 Å². The van der Waals surface area contributed by atoms with Crippen molar-refractivity contribution in [3.05, 3.63) is 34.7 Å². The molecule has 0 bridgehead atoms. The monoisotopic (exact) mass is 290 g/mol. The Labute approximate surface area is 122 Å². The maximum Gasteiger partial charge on any atom is 0.306 e. The van der Waals surface area contributed by atoms with Crippen LogP contribution in [-0.4, -0.2) is 17.7 Å². The van der Waals surface area contributed by atoms with Crippen molar-refractivity contribution in [2.75, 3.05) is 6.61 Å². The first-order valence-corrected chi connectivity index (χ1v) is 7.73. The molecule has 0 radical (unpaired) electrons. The van der Waals surface area contributed by atoms with Gasteiger partial charge in [-0.2, -0.15) is 0 Å². The van der Waals surface area contributed by atoms with E-state index in [0.717, 1.165) is 11.3 Å². The van der Waals surface area contributed by atoms with Gasteiger partial charge < -0.3 is 9.84 Å². The van der Waals surface area contributed by atoms with E-state index < -0.39 is 11.6 Å². The van der Waals surface area contributed by atoms with Crippen LogP contribution in [0.15, 0.2) is 24.3 Å². The Balaban J connectivity index is 2.23. The molecule has 1 aliphatic rings. The van der Waals surface area contributed by atoms with Crippen molar-refractivity contribution in [3.8, 4) is 0 Å². The Hall–Kier alpha value is -1.39. The van der Waals surface area contributed by atoms with Crippen LogP contribution in [0.5, 0.6) is 0 Å². The van der Waals surface area contributed by atoms with Crippen molar-refractivity contribution in [1.29, 1.82) is 0 Å². The number of carboxylic acid groups (broad SMARTS) is 1. The first kappa shape index (κ1) is 13.6. The Morgan fingerprint density at radius 2 is 2.20 bits per heavy atom. The third kappa shape index (κ3) is 1.95. The van der Waals surface area contributed by atoms with E-state index in [9.17, 15) is 9.90 Å². The minimum absolute atomic E-state index is 0.0322.